The average molecular weight is 299 g/mol. The van der Waals surface area contributed by atoms with Gasteiger partial charge in [0.15, 0.2) is 0 Å². The second-order valence-corrected chi connectivity index (χ2v) is 6.94. The van der Waals surface area contributed by atoms with Crippen molar-refractivity contribution >= 4 is 28.5 Å². The van der Waals surface area contributed by atoms with E-state index >= 15 is 0 Å². The Morgan fingerprint density at radius 1 is 1.37 bits per heavy atom. The van der Waals surface area contributed by atoms with Gasteiger partial charge >= 0.3 is 0 Å². The fourth-order valence-corrected chi connectivity index (χ4v) is 3.00. The van der Waals surface area contributed by atoms with Crippen LogP contribution in [0, 0.1) is 5.92 Å². The Balaban J connectivity index is 2.63. The maximum absolute atomic E-state index is 12.1. The molecule has 0 saturated heterocycles. The fraction of sp³-hybridized carbons (Fsp3) is 0.500. The van der Waals surface area contributed by atoms with Crippen LogP contribution in [0.25, 0.3) is 0 Å². The van der Waals surface area contributed by atoms with E-state index in [1.54, 1.807) is 22.9 Å². The smallest absolute Gasteiger partial charge is 0.226 e. The van der Waals surface area contributed by atoms with Crippen LogP contribution in [0.15, 0.2) is 29.2 Å². The van der Waals surface area contributed by atoms with Gasteiger partial charge in [0.1, 0.15) is 0 Å². The molecule has 0 aliphatic heterocycles. The molecule has 0 aliphatic rings. The Morgan fingerprint density at radius 2 is 1.95 bits per heavy atom. The van der Waals surface area contributed by atoms with Gasteiger partial charge in [0.05, 0.1) is 0 Å². The van der Waals surface area contributed by atoms with Crippen molar-refractivity contribution in [2.45, 2.75) is 18.4 Å². The number of thioether (sulfide) groups is 1. The molecule has 0 saturated carbocycles. The largest absolute Gasteiger partial charge is 0.341 e. The number of amides is 1. The number of benzene rings is 1. The molecular formula is C14H21NO2S2. The zero-order valence-electron chi connectivity index (χ0n) is 11.9. The lowest BCUT2D eigenvalue weighted by Crippen LogP contribution is -2.32. The quantitative estimate of drug-likeness (QED) is 0.809. The maximum Gasteiger partial charge on any atom is 0.226 e. The molecule has 0 unspecified atom stereocenters. The first-order valence-electron chi connectivity index (χ1n) is 6.12. The fourth-order valence-electron chi connectivity index (χ4n) is 1.84. The van der Waals surface area contributed by atoms with E-state index in [2.05, 4.69) is 0 Å². The van der Waals surface area contributed by atoms with Gasteiger partial charge in [-0.1, -0.05) is 19.1 Å². The molecular weight excluding hydrogens is 278 g/mol. The highest BCUT2D eigenvalue weighted by Crippen LogP contribution is 2.12. The lowest BCUT2D eigenvalue weighted by atomic mass is 10.1. The van der Waals surface area contributed by atoms with Crippen molar-refractivity contribution in [2.75, 3.05) is 25.3 Å². The summed E-state index contributed by atoms with van der Waals surface area (Å²) in [5.41, 5.74) is 1.06. The van der Waals surface area contributed by atoms with E-state index in [0.717, 1.165) is 16.2 Å². The number of rotatable bonds is 6. The van der Waals surface area contributed by atoms with Crippen molar-refractivity contribution in [3.05, 3.63) is 29.8 Å². The van der Waals surface area contributed by atoms with Crippen LogP contribution in [0.1, 0.15) is 12.5 Å². The van der Waals surface area contributed by atoms with Gasteiger partial charge in [-0.15, -0.1) is 0 Å². The summed E-state index contributed by atoms with van der Waals surface area (Å²) >= 11 is 1.69. The molecule has 0 aliphatic carbocycles. The molecule has 1 amide bonds. The molecule has 2 atom stereocenters. The normalized spacial score (nSPS) is 13.9. The summed E-state index contributed by atoms with van der Waals surface area (Å²) in [6.07, 6.45) is 3.67. The van der Waals surface area contributed by atoms with Gasteiger partial charge in [0.25, 0.3) is 0 Å². The van der Waals surface area contributed by atoms with Crippen molar-refractivity contribution < 1.29 is 9.00 Å². The van der Waals surface area contributed by atoms with Crippen LogP contribution in [0.2, 0.25) is 0 Å². The van der Waals surface area contributed by atoms with Crippen LogP contribution in [0.4, 0.5) is 0 Å². The standard InChI is InChI=1S/C14H21NO2S2/c1-11(10-18-3)14(16)15(2)9-12-5-7-13(8-6-12)19(4)17/h5-8,11H,9-10H2,1-4H3/t11-,19-/m1/s1. The SMILES string of the molecule is CSC[C@@H](C)C(=O)N(C)Cc1ccc([S@@](C)=O)cc1. The molecule has 1 aromatic carbocycles. The van der Waals surface area contributed by atoms with E-state index in [1.807, 2.05) is 44.5 Å². The number of carbonyl (C=O) groups is 1. The summed E-state index contributed by atoms with van der Waals surface area (Å²) in [4.78, 5) is 14.6. The third kappa shape index (κ3) is 4.99. The van der Waals surface area contributed by atoms with Crippen molar-refractivity contribution in [3.63, 3.8) is 0 Å². The van der Waals surface area contributed by atoms with E-state index in [9.17, 15) is 9.00 Å². The minimum Gasteiger partial charge on any atom is -0.341 e. The predicted octanol–water partition coefficient (Wildman–Crippen LogP) is 2.38. The number of hydrogen-bond donors (Lipinski definition) is 0. The van der Waals surface area contributed by atoms with Crippen molar-refractivity contribution in [1.29, 1.82) is 0 Å². The summed E-state index contributed by atoms with van der Waals surface area (Å²) in [5.74, 6) is 1.05. The van der Waals surface area contributed by atoms with Crippen LogP contribution < -0.4 is 0 Å². The molecule has 5 heteroatoms. The van der Waals surface area contributed by atoms with Gasteiger partial charge in [0, 0.05) is 47.2 Å². The first-order chi connectivity index (χ1) is 8.95. The molecule has 0 N–H and O–H groups in total. The van der Waals surface area contributed by atoms with Gasteiger partial charge < -0.3 is 4.90 Å². The second-order valence-electron chi connectivity index (χ2n) is 4.65. The van der Waals surface area contributed by atoms with E-state index in [1.165, 1.54) is 0 Å². The predicted molar refractivity (Wildman–Crippen MR) is 82.8 cm³/mol. The number of nitrogens with zero attached hydrogens (tertiary/aromatic N) is 1. The van der Waals surface area contributed by atoms with E-state index in [0.29, 0.717) is 6.54 Å². The van der Waals surface area contributed by atoms with Crippen molar-refractivity contribution in [2.24, 2.45) is 5.92 Å². The lowest BCUT2D eigenvalue weighted by molar-refractivity contribution is -0.133. The van der Waals surface area contributed by atoms with Gasteiger partial charge in [-0.25, -0.2) is 0 Å². The Kier molecular flexibility index (Phi) is 6.58. The molecule has 3 nitrogen and oxygen atoms in total. The molecule has 0 radical (unpaired) electrons. The molecule has 19 heavy (non-hydrogen) atoms. The molecule has 0 heterocycles. The highest BCUT2D eigenvalue weighted by atomic mass is 32.2. The Labute approximate surface area is 122 Å². The van der Waals surface area contributed by atoms with Crippen LogP contribution in [0.5, 0.6) is 0 Å². The maximum atomic E-state index is 12.1. The monoisotopic (exact) mass is 299 g/mol. The molecule has 106 valence electrons. The first kappa shape index (κ1) is 16.2. The van der Waals surface area contributed by atoms with Gasteiger partial charge in [-0.2, -0.15) is 11.8 Å². The Morgan fingerprint density at radius 3 is 2.42 bits per heavy atom. The van der Waals surface area contributed by atoms with Crippen LogP contribution >= 0.6 is 11.8 Å². The number of hydrogen-bond acceptors (Lipinski definition) is 3. The highest BCUT2D eigenvalue weighted by molar-refractivity contribution is 7.98. The number of carbonyl (C=O) groups excluding carboxylic acids is 1. The van der Waals surface area contributed by atoms with Crippen LogP contribution in [-0.2, 0) is 22.1 Å². The summed E-state index contributed by atoms with van der Waals surface area (Å²) in [5, 5.41) is 0. The van der Waals surface area contributed by atoms with Crippen LogP contribution in [-0.4, -0.2) is 40.3 Å². The average Bonchev–Trinajstić information content (AvgIpc) is 2.38. The van der Waals surface area contributed by atoms with Crippen LogP contribution in [0.3, 0.4) is 0 Å². The van der Waals surface area contributed by atoms with E-state index in [4.69, 9.17) is 0 Å². The highest BCUT2D eigenvalue weighted by Gasteiger charge is 2.16. The molecule has 1 aromatic rings. The van der Waals surface area contributed by atoms with Gasteiger partial charge in [-0.05, 0) is 24.0 Å². The molecule has 0 aromatic heterocycles. The van der Waals surface area contributed by atoms with E-state index in [-0.39, 0.29) is 11.8 Å². The van der Waals surface area contributed by atoms with Crippen molar-refractivity contribution in [1.82, 2.24) is 4.90 Å². The summed E-state index contributed by atoms with van der Waals surface area (Å²) < 4.78 is 11.3. The summed E-state index contributed by atoms with van der Waals surface area (Å²) in [6.45, 7) is 2.55. The van der Waals surface area contributed by atoms with Gasteiger partial charge in [0.2, 0.25) is 5.91 Å². The third-order valence-corrected chi connectivity index (χ3v) is 4.66. The Hall–Kier alpha value is -0.810. The summed E-state index contributed by atoms with van der Waals surface area (Å²) in [6, 6.07) is 7.57. The lowest BCUT2D eigenvalue weighted by Gasteiger charge is -2.21. The second kappa shape index (κ2) is 7.70. The topological polar surface area (TPSA) is 37.4 Å². The molecule has 0 bridgehead atoms. The summed E-state index contributed by atoms with van der Waals surface area (Å²) in [7, 11) is 0.872. The van der Waals surface area contributed by atoms with E-state index < -0.39 is 10.8 Å². The third-order valence-electron chi connectivity index (χ3n) is 2.89. The minimum atomic E-state index is -0.952. The van der Waals surface area contributed by atoms with Gasteiger partial charge in [-0.3, -0.25) is 9.00 Å². The zero-order valence-corrected chi connectivity index (χ0v) is 13.5. The molecule has 1 rings (SSSR count). The molecule has 0 spiro atoms. The minimum absolute atomic E-state index is 0.0439. The Bertz CT molecular complexity index is 445. The van der Waals surface area contributed by atoms with Crippen molar-refractivity contribution in [3.8, 4) is 0 Å². The first-order valence-corrected chi connectivity index (χ1v) is 9.07. The molecule has 0 fully saturated rings. The zero-order chi connectivity index (χ0) is 14.4.